The molecular weight excluding hydrogens is 580 g/mol. The highest BCUT2D eigenvalue weighted by molar-refractivity contribution is 7.92. The Labute approximate surface area is 257 Å². The maximum Gasteiger partial charge on any atom is 0.264 e. The maximum absolute atomic E-state index is 13.6. The van der Waals surface area contributed by atoms with Crippen LogP contribution in [0.2, 0.25) is 0 Å². The Morgan fingerprint density at radius 3 is 2.25 bits per heavy atom. The summed E-state index contributed by atoms with van der Waals surface area (Å²) in [6.45, 7) is 1.72. The van der Waals surface area contributed by atoms with E-state index in [4.69, 9.17) is 9.47 Å². The van der Waals surface area contributed by atoms with E-state index in [1.807, 2.05) is 37.3 Å². The van der Waals surface area contributed by atoms with Gasteiger partial charge < -0.3 is 14.8 Å². The maximum atomic E-state index is 13.6. The molecule has 10 nitrogen and oxygen atoms in total. The number of hydrogen-bond acceptors (Lipinski definition) is 7. The van der Waals surface area contributed by atoms with Gasteiger partial charge in [-0.2, -0.15) is 5.10 Å². The van der Waals surface area contributed by atoms with Crippen LogP contribution in [0.25, 0.3) is 0 Å². The zero-order valence-corrected chi connectivity index (χ0v) is 25.3. The molecular formula is C33H34N4O6S. The highest BCUT2D eigenvalue weighted by Crippen LogP contribution is 2.32. The smallest absolute Gasteiger partial charge is 0.264 e. The fourth-order valence-corrected chi connectivity index (χ4v) is 5.59. The molecule has 0 aliphatic carbocycles. The molecule has 0 aromatic heterocycles. The van der Waals surface area contributed by atoms with Crippen molar-refractivity contribution in [3.05, 3.63) is 120 Å². The van der Waals surface area contributed by atoms with Crippen LogP contribution in [0, 0.1) is 6.92 Å². The first-order valence-corrected chi connectivity index (χ1v) is 15.3. The highest BCUT2D eigenvalue weighted by Gasteiger charge is 2.29. The van der Waals surface area contributed by atoms with Crippen LogP contribution in [0.5, 0.6) is 11.5 Å². The van der Waals surface area contributed by atoms with E-state index >= 15 is 0 Å². The van der Waals surface area contributed by atoms with E-state index in [9.17, 15) is 18.0 Å². The number of benzene rings is 4. The summed E-state index contributed by atoms with van der Waals surface area (Å²) < 4.78 is 39.1. The van der Waals surface area contributed by atoms with Gasteiger partial charge in [0.15, 0.2) is 6.61 Å². The number of amides is 2. The number of hydrazone groups is 1. The molecule has 11 heteroatoms. The fraction of sp³-hybridized carbons (Fsp3) is 0.182. The van der Waals surface area contributed by atoms with Crippen molar-refractivity contribution >= 4 is 33.7 Å². The summed E-state index contributed by atoms with van der Waals surface area (Å²) in [5, 5.41) is 6.81. The van der Waals surface area contributed by atoms with E-state index in [-0.39, 0.29) is 23.1 Å². The number of carbonyl (C=O) groups excluding carboxylic acids is 2. The molecule has 0 spiro atoms. The van der Waals surface area contributed by atoms with Gasteiger partial charge in [-0.15, -0.1) is 0 Å². The van der Waals surface area contributed by atoms with Gasteiger partial charge in [0.2, 0.25) is 0 Å². The molecule has 0 saturated carbocycles. The molecule has 0 atom stereocenters. The third-order valence-electron chi connectivity index (χ3n) is 6.48. The lowest BCUT2D eigenvalue weighted by Gasteiger charge is -2.25. The summed E-state index contributed by atoms with van der Waals surface area (Å²) in [4.78, 5) is 25.0. The SMILES string of the molecule is COc1ccccc1N(CC(=O)N/N=C\c1ccc(OCC(=O)NCCc2ccccc2)cc1)S(=O)(=O)c1ccc(C)cc1. The summed E-state index contributed by atoms with van der Waals surface area (Å²) in [7, 11) is -2.68. The largest absolute Gasteiger partial charge is 0.495 e. The van der Waals surface area contributed by atoms with Gasteiger partial charge in [-0.05, 0) is 73.0 Å². The molecule has 228 valence electrons. The number of nitrogens with one attached hydrogen (secondary N) is 2. The van der Waals surface area contributed by atoms with Crippen LogP contribution in [0.3, 0.4) is 0 Å². The number of carbonyl (C=O) groups is 2. The second-order valence-corrected chi connectivity index (χ2v) is 11.6. The number of hydrogen-bond donors (Lipinski definition) is 2. The molecule has 0 unspecified atom stereocenters. The lowest BCUT2D eigenvalue weighted by molar-refractivity contribution is -0.123. The number of aryl methyl sites for hydroxylation is 1. The van der Waals surface area contributed by atoms with Crippen molar-refractivity contribution in [1.82, 2.24) is 10.7 Å². The number of anilines is 1. The molecule has 44 heavy (non-hydrogen) atoms. The summed E-state index contributed by atoms with van der Waals surface area (Å²) in [5.41, 5.74) is 5.30. The molecule has 0 radical (unpaired) electrons. The number of para-hydroxylation sites is 2. The second kappa shape index (κ2) is 15.4. The molecule has 0 aliphatic heterocycles. The van der Waals surface area contributed by atoms with Gasteiger partial charge in [-0.25, -0.2) is 13.8 Å². The van der Waals surface area contributed by atoms with Gasteiger partial charge in [-0.3, -0.25) is 13.9 Å². The Balaban J connectivity index is 1.32. The number of sulfonamides is 1. The molecule has 4 aromatic rings. The van der Waals surface area contributed by atoms with Crippen molar-refractivity contribution in [2.45, 2.75) is 18.2 Å². The number of nitrogens with zero attached hydrogens (tertiary/aromatic N) is 2. The van der Waals surface area contributed by atoms with Crippen LogP contribution in [0.1, 0.15) is 16.7 Å². The van der Waals surface area contributed by atoms with Gasteiger partial charge in [-0.1, -0.05) is 60.2 Å². The van der Waals surface area contributed by atoms with Crippen LogP contribution in [-0.4, -0.2) is 53.3 Å². The summed E-state index contributed by atoms with van der Waals surface area (Å²) >= 11 is 0. The lowest BCUT2D eigenvalue weighted by atomic mass is 10.1. The number of methoxy groups -OCH3 is 1. The summed E-state index contributed by atoms with van der Waals surface area (Å²) in [5.74, 6) is -0.0773. The first-order valence-electron chi connectivity index (χ1n) is 13.8. The Kier molecular flexibility index (Phi) is 11.1. The molecule has 0 heterocycles. The first kappa shape index (κ1) is 31.8. The summed E-state index contributed by atoms with van der Waals surface area (Å²) in [6.07, 6.45) is 2.15. The molecule has 2 amide bonds. The monoisotopic (exact) mass is 614 g/mol. The zero-order chi connectivity index (χ0) is 31.4. The van der Waals surface area contributed by atoms with Gasteiger partial charge in [0, 0.05) is 6.54 Å². The summed E-state index contributed by atoms with van der Waals surface area (Å²) in [6, 6.07) is 29.6. The van der Waals surface area contributed by atoms with E-state index in [1.165, 1.54) is 25.5 Å². The molecule has 0 fully saturated rings. The standard InChI is InChI=1S/C33H34N4O6S/c1-25-12-18-29(19-13-25)44(40,41)37(30-10-6-7-11-31(30)42-2)23-32(38)36-35-22-27-14-16-28(17-15-27)43-24-33(39)34-21-20-26-8-4-3-5-9-26/h3-19,22H,20-21,23-24H2,1-2H3,(H,34,39)(H,36,38)/b35-22-. The van der Waals surface area contributed by atoms with Crippen molar-refractivity contribution in [3.8, 4) is 11.5 Å². The van der Waals surface area contributed by atoms with E-state index in [0.717, 1.165) is 21.9 Å². The van der Waals surface area contributed by atoms with Crippen molar-refractivity contribution in [2.75, 3.05) is 31.1 Å². The van der Waals surface area contributed by atoms with Crippen molar-refractivity contribution < 1.29 is 27.5 Å². The quantitative estimate of drug-likeness (QED) is 0.163. The van der Waals surface area contributed by atoms with Crippen molar-refractivity contribution in [3.63, 3.8) is 0 Å². The molecule has 4 rings (SSSR count). The lowest BCUT2D eigenvalue weighted by Crippen LogP contribution is -2.39. The number of rotatable bonds is 14. The average Bonchev–Trinajstić information content (AvgIpc) is 3.04. The van der Waals surface area contributed by atoms with Crippen LogP contribution in [0.15, 0.2) is 113 Å². The molecule has 0 aliphatic rings. The van der Waals surface area contributed by atoms with E-state index in [2.05, 4.69) is 15.8 Å². The fourth-order valence-electron chi connectivity index (χ4n) is 4.16. The Morgan fingerprint density at radius 1 is 0.864 bits per heavy atom. The van der Waals surface area contributed by atoms with Gasteiger partial charge in [0.1, 0.15) is 18.0 Å². The first-order chi connectivity index (χ1) is 21.3. The Bertz CT molecular complexity index is 1680. The van der Waals surface area contributed by atoms with Crippen molar-refractivity contribution in [1.29, 1.82) is 0 Å². The van der Waals surface area contributed by atoms with Crippen molar-refractivity contribution in [2.24, 2.45) is 5.10 Å². The van der Waals surface area contributed by atoms with E-state index < -0.39 is 22.5 Å². The average molecular weight is 615 g/mol. The minimum absolute atomic E-state index is 0.0391. The zero-order valence-electron chi connectivity index (χ0n) is 24.5. The highest BCUT2D eigenvalue weighted by atomic mass is 32.2. The predicted octanol–water partition coefficient (Wildman–Crippen LogP) is 4.09. The van der Waals surface area contributed by atoms with Gasteiger partial charge in [0.25, 0.3) is 21.8 Å². The topological polar surface area (TPSA) is 126 Å². The number of ether oxygens (including phenoxy) is 2. The second-order valence-electron chi connectivity index (χ2n) is 9.73. The predicted molar refractivity (Wildman–Crippen MR) is 170 cm³/mol. The Morgan fingerprint density at radius 2 is 1.55 bits per heavy atom. The van der Waals surface area contributed by atoms with E-state index in [0.29, 0.717) is 23.6 Å². The van der Waals surface area contributed by atoms with Crippen LogP contribution >= 0.6 is 0 Å². The normalized spacial score (nSPS) is 11.1. The Hall–Kier alpha value is -5.16. The minimum atomic E-state index is -4.11. The van der Waals surface area contributed by atoms with Crippen LogP contribution in [-0.2, 0) is 26.0 Å². The van der Waals surface area contributed by atoms with Crippen LogP contribution < -0.4 is 24.5 Å². The van der Waals surface area contributed by atoms with Crippen LogP contribution in [0.4, 0.5) is 5.69 Å². The van der Waals surface area contributed by atoms with E-state index in [1.54, 1.807) is 60.7 Å². The van der Waals surface area contributed by atoms with Gasteiger partial charge in [0.05, 0.1) is 23.9 Å². The minimum Gasteiger partial charge on any atom is -0.495 e. The molecule has 0 saturated heterocycles. The molecule has 2 N–H and O–H groups in total. The third kappa shape index (κ3) is 8.92. The third-order valence-corrected chi connectivity index (χ3v) is 8.26. The molecule has 4 aromatic carbocycles. The molecule has 0 bridgehead atoms. The van der Waals surface area contributed by atoms with Gasteiger partial charge >= 0.3 is 0 Å².